The zero-order valence-corrected chi connectivity index (χ0v) is 12.5. The van der Waals surface area contributed by atoms with Gasteiger partial charge in [0.1, 0.15) is 0 Å². The summed E-state index contributed by atoms with van der Waals surface area (Å²) in [4.78, 5) is 12.9. The second kappa shape index (κ2) is 7.12. The molecule has 0 aliphatic carbocycles. The molecule has 0 radical (unpaired) electrons. The van der Waals surface area contributed by atoms with E-state index >= 15 is 0 Å². The number of halogens is 1. The minimum atomic E-state index is -0.134. The second-order valence-corrected chi connectivity index (χ2v) is 6.50. The maximum Gasteiger partial charge on any atom is 0.315 e. The van der Waals surface area contributed by atoms with Gasteiger partial charge in [0.2, 0.25) is 0 Å². The van der Waals surface area contributed by atoms with Crippen molar-refractivity contribution in [3.63, 3.8) is 0 Å². The molecule has 1 saturated heterocycles. The highest BCUT2D eigenvalue weighted by molar-refractivity contribution is 7.16. The number of rotatable bonds is 5. The van der Waals surface area contributed by atoms with E-state index in [2.05, 4.69) is 10.6 Å². The normalized spacial score (nSPS) is 20.2. The topological polar surface area (TPSA) is 50.4 Å². The summed E-state index contributed by atoms with van der Waals surface area (Å²) in [7, 11) is 0. The number of ether oxygens (including phenoxy) is 1. The molecular formula is C13H19ClN2O2S. The van der Waals surface area contributed by atoms with E-state index < -0.39 is 0 Å². The molecule has 0 bridgehead atoms. The summed E-state index contributed by atoms with van der Waals surface area (Å²) >= 11 is 7.40. The number of urea groups is 1. The van der Waals surface area contributed by atoms with Crippen molar-refractivity contribution in [1.29, 1.82) is 0 Å². The summed E-state index contributed by atoms with van der Waals surface area (Å²) in [6.45, 7) is 3.40. The van der Waals surface area contributed by atoms with Gasteiger partial charge in [-0.05, 0) is 38.3 Å². The van der Waals surface area contributed by atoms with Crippen LogP contribution in [0.5, 0.6) is 0 Å². The molecule has 1 aliphatic rings. The third-order valence-corrected chi connectivity index (χ3v) is 4.46. The molecule has 0 saturated carbocycles. The lowest BCUT2D eigenvalue weighted by atomic mass is 10.1. The summed E-state index contributed by atoms with van der Waals surface area (Å²) in [5, 5.41) is 5.77. The van der Waals surface area contributed by atoms with Crippen LogP contribution in [0.4, 0.5) is 4.79 Å². The fraction of sp³-hybridized carbons (Fsp3) is 0.615. The van der Waals surface area contributed by atoms with Crippen LogP contribution in [0.2, 0.25) is 4.34 Å². The van der Waals surface area contributed by atoms with Crippen molar-refractivity contribution in [1.82, 2.24) is 10.6 Å². The first-order valence-electron chi connectivity index (χ1n) is 6.55. The lowest BCUT2D eigenvalue weighted by Crippen LogP contribution is -2.46. The van der Waals surface area contributed by atoms with E-state index in [4.69, 9.17) is 16.3 Å². The molecule has 0 unspecified atom stereocenters. The Morgan fingerprint density at radius 2 is 2.47 bits per heavy atom. The molecule has 1 aromatic heterocycles. The standard InChI is InChI=1S/C13H19ClN2O2S/c1-9(11-3-2-8-18-11)16-13(17)15-7-6-10-4-5-12(14)19-10/h4-5,9,11H,2-3,6-8H2,1H3,(H2,15,16,17)/t9-,11+/m1/s1. The Morgan fingerprint density at radius 1 is 1.63 bits per heavy atom. The van der Waals surface area contributed by atoms with Gasteiger partial charge in [0.15, 0.2) is 0 Å². The quantitative estimate of drug-likeness (QED) is 0.879. The number of carbonyl (C=O) groups is 1. The molecular weight excluding hydrogens is 284 g/mol. The molecule has 1 aromatic rings. The van der Waals surface area contributed by atoms with Gasteiger partial charge in [0.05, 0.1) is 16.5 Å². The molecule has 4 nitrogen and oxygen atoms in total. The Bertz CT molecular complexity index is 419. The van der Waals surface area contributed by atoms with Crippen molar-refractivity contribution in [3.8, 4) is 0 Å². The molecule has 2 rings (SSSR count). The molecule has 2 N–H and O–H groups in total. The minimum absolute atomic E-state index is 0.0543. The van der Waals surface area contributed by atoms with Crippen LogP contribution in [-0.4, -0.2) is 31.3 Å². The Hall–Kier alpha value is -0.780. The lowest BCUT2D eigenvalue weighted by Gasteiger charge is -2.20. The van der Waals surface area contributed by atoms with Gasteiger partial charge in [-0.1, -0.05) is 11.6 Å². The first kappa shape index (κ1) is 14.6. The van der Waals surface area contributed by atoms with Gasteiger partial charge >= 0.3 is 6.03 Å². The molecule has 2 atom stereocenters. The third-order valence-electron chi connectivity index (χ3n) is 3.17. The first-order chi connectivity index (χ1) is 9.15. The van der Waals surface area contributed by atoms with Crippen molar-refractivity contribution >= 4 is 29.0 Å². The summed E-state index contributed by atoms with van der Waals surface area (Å²) in [6.07, 6.45) is 3.06. The van der Waals surface area contributed by atoms with Crippen molar-refractivity contribution < 1.29 is 9.53 Å². The summed E-state index contributed by atoms with van der Waals surface area (Å²) in [6, 6.07) is 3.78. The maximum atomic E-state index is 11.7. The number of carbonyl (C=O) groups excluding carboxylic acids is 1. The minimum Gasteiger partial charge on any atom is -0.376 e. The van der Waals surface area contributed by atoms with Gasteiger partial charge in [-0.2, -0.15) is 0 Å². The highest BCUT2D eigenvalue weighted by Crippen LogP contribution is 2.21. The number of hydrogen-bond acceptors (Lipinski definition) is 3. The van der Waals surface area contributed by atoms with Gasteiger partial charge in [0, 0.05) is 18.0 Å². The Morgan fingerprint density at radius 3 is 3.11 bits per heavy atom. The van der Waals surface area contributed by atoms with Gasteiger partial charge in [-0.15, -0.1) is 11.3 Å². The molecule has 0 aromatic carbocycles. The first-order valence-corrected chi connectivity index (χ1v) is 7.75. The zero-order chi connectivity index (χ0) is 13.7. The van der Waals surface area contributed by atoms with Crippen LogP contribution < -0.4 is 10.6 Å². The fourth-order valence-electron chi connectivity index (χ4n) is 2.13. The molecule has 6 heteroatoms. The molecule has 1 fully saturated rings. The highest BCUT2D eigenvalue weighted by Gasteiger charge is 2.23. The van der Waals surface area contributed by atoms with E-state index in [-0.39, 0.29) is 18.2 Å². The van der Waals surface area contributed by atoms with E-state index in [0.29, 0.717) is 6.54 Å². The summed E-state index contributed by atoms with van der Waals surface area (Å²) in [5.41, 5.74) is 0. The van der Waals surface area contributed by atoms with E-state index in [1.165, 1.54) is 4.88 Å². The SMILES string of the molecule is C[C@@H](NC(=O)NCCc1ccc(Cl)s1)[C@@H]1CCCO1. The molecule has 0 spiro atoms. The predicted molar refractivity (Wildman–Crippen MR) is 78.0 cm³/mol. The Balaban J connectivity index is 1.64. The number of nitrogens with one attached hydrogen (secondary N) is 2. The number of amides is 2. The van der Waals surface area contributed by atoms with Gasteiger partial charge in [-0.25, -0.2) is 4.79 Å². The van der Waals surface area contributed by atoms with Crippen molar-refractivity contribution in [2.75, 3.05) is 13.2 Å². The van der Waals surface area contributed by atoms with Crippen LogP contribution in [0.1, 0.15) is 24.6 Å². The van der Waals surface area contributed by atoms with Crippen molar-refractivity contribution in [2.45, 2.75) is 38.3 Å². The largest absolute Gasteiger partial charge is 0.376 e. The smallest absolute Gasteiger partial charge is 0.315 e. The average Bonchev–Trinajstić information content (AvgIpc) is 3.00. The Kier molecular flexibility index (Phi) is 5.48. The van der Waals surface area contributed by atoms with Crippen molar-refractivity contribution in [3.05, 3.63) is 21.3 Å². The molecule has 106 valence electrons. The zero-order valence-electron chi connectivity index (χ0n) is 10.9. The van der Waals surface area contributed by atoms with Crippen LogP contribution in [-0.2, 0) is 11.2 Å². The van der Waals surface area contributed by atoms with E-state index in [1.807, 2.05) is 19.1 Å². The van der Waals surface area contributed by atoms with E-state index in [0.717, 1.165) is 30.2 Å². The van der Waals surface area contributed by atoms with Crippen LogP contribution in [0, 0.1) is 0 Å². The molecule has 2 amide bonds. The number of thiophene rings is 1. The average molecular weight is 303 g/mol. The lowest BCUT2D eigenvalue weighted by molar-refractivity contribution is 0.0860. The number of hydrogen-bond donors (Lipinski definition) is 2. The van der Waals surface area contributed by atoms with Crippen LogP contribution in [0.15, 0.2) is 12.1 Å². The maximum absolute atomic E-state index is 11.7. The third kappa shape index (κ3) is 4.67. The Labute approximate surface area is 122 Å². The van der Waals surface area contributed by atoms with E-state index in [1.54, 1.807) is 11.3 Å². The van der Waals surface area contributed by atoms with Crippen LogP contribution in [0.25, 0.3) is 0 Å². The summed E-state index contributed by atoms with van der Waals surface area (Å²) in [5.74, 6) is 0. The second-order valence-electron chi connectivity index (χ2n) is 4.70. The van der Waals surface area contributed by atoms with E-state index in [9.17, 15) is 4.79 Å². The molecule has 1 aliphatic heterocycles. The van der Waals surface area contributed by atoms with Crippen molar-refractivity contribution in [2.24, 2.45) is 0 Å². The van der Waals surface area contributed by atoms with Crippen LogP contribution in [0.3, 0.4) is 0 Å². The molecule has 2 heterocycles. The van der Waals surface area contributed by atoms with Gasteiger partial charge in [0.25, 0.3) is 0 Å². The fourth-order valence-corrected chi connectivity index (χ4v) is 3.22. The van der Waals surface area contributed by atoms with Crippen LogP contribution >= 0.6 is 22.9 Å². The predicted octanol–water partition coefficient (Wildman–Crippen LogP) is 2.81. The van der Waals surface area contributed by atoms with Gasteiger partial charge in [-0.3, -0.25) is 0 Å². The monoisotopic (exact) mass is 302 g/mol. The van der Waals surface area contributed by atoms with Gasteiger partial charge < -0.3 is 15.4 Å². The summed E-state index contributed by atoms with van der Waals surface area (Å²) < 4.78 is 6.32. The highest BCUT2D eigenvalue weighted by atomic mass is 35.5. The molecule has 19 heavy (non-hydrogen) atoms.